The van der Waals surface area contributed by atoms with E-state index in [4.69, 9.17) is 0 Å². The molecule has 4 heteroatoms. The van der Waals surface area contributed by atoms with Crippen LogP contribution in [0.4, 0.5) is 5.69 Å². The number of aryl methyl sites for hydroxylation is 1. The summed E-state index contributed by atoms with van der Waals surface area (Å²) in [6, 6.07) is 3.13. The van der Waals surface area contributed by atoms with Gasteiger partial charge in [0.1, 0.15) is 6.20 Å². The van der Waals surface area contributed by atoms with Gasteiger partial charge < -0.3 is 0 Å². The minimum atomic E-state index is -0.452. The summed E-state index contributed by atoms with van der Waals surface area (Å²) in [4.78, 5) is 13.6. The highest BCUT2D eigenvalue weighted by molar-refractivity contribution is 5.26. The Morgan fingerprint density at radius 1 is 1.46 bits per heavy atom. The quantitative estimate of drug-likeness (QED) is 0.521. The fourth-order valence-electron chi connectivity index (χ4n) is 0.734. The van der Waals surface area contributed by atoms with Gasteiger partial charge >= 0.3 is 0 Å². The van der Waals surface area contributed by atoms with E-state index in [0.717, 1.165) is 12.1 Å². The molecule has 0 bridgehead atoms. The third-order valence-corrected chi connectivity index (χ3v) is 1.38. The molecular weight excluding hydrogens is 168 g/mol. The van der Waals surface area contributed by atoms with Crippen LogP contribution in [0.25, 0.3) is 0 Å². The molecule has 1 rings (SSSR count). The van der Waals surface area contributed by atoms with Crippen LogP contribution in [0.1, 0.15) is 26.5 Å². The van der Waals surface area contributed by atoms with Gasteiger partial charge in [-0.25, -0.2) is 0 Å². The van der Waals surface area contributed by atoms with E-state index in [9.17, 15) is 10.1 Å². The predicted molar refractivity (Wildman–Crippen MR) is 51.6 cm³/mol. The van der Waals surface area contributed by atoms with Gasteiger partial charge in [0.15, 0.2) is 0 Å². The molecule has 0 aromatic carbocycles. The minimum absolute atomic E-state index is 0.0437. The molecule has 13 heavy (non-hydrogen) atoms. The molecule has 0 saturated heterocycles. The molecule has 0 fully saturated rings. The summed E-state index contributed by atoms with van der Waals surface area (Å²) in [5.74, 6) is 0. The number of hydrogen-bond donors (Lipinski definition) is 0. The van der Waals surface area contributed by atoms with Crippen LogP contribution < -0.4 is 0 Å². The molecule has 0 atom stereocenters. The largest absolute Gasteiger partial charge is 0.287 e. The zero-order chi connectivity index (χ0) is 10.3. The third-order valence-electron chi connectivity index (χ3n) is 1.38. The van der Waals surface area contributed by atoms with E-state index in [2.05, 4.69) is 4.98 Å². The van der Waals surface area contributed by atoms with Crippen molar-refractivity contribution >= 4 is 5.69 Å². The first-order chi connectivity index (χ1) is 6.24. The van der Waals surface area contributed by atoms with Crippen molar-refractivity contribution in [3.8, 4) is 0 Å². The Bertz CT molecular complexity index is 257. The highest BCUT2D eigenvalue weighted by Crippen LogP contribution is 2.08. The molecule has 1 aromatic rings. The van der Waals surface area contributed by atoms with E-state index in [-0.39, 0.29) is 5.69 Å². The van der Waals surface area contributed by atoms with E-state index in [1.165, 1.54) is 12.3 Å². The Labute approximate surface area is 77.8 Å². The zero-order valence-electron chi connectivity index (χ0n) is 8.15. The highest BCUT2D eigenvalue weighted by atomic mass is 16.6. The van der Waals surface area contributed by atoms with Crippen molar-refractivity contribution in [1.29, 1.82) is 0 Å². The first-order valence-electron chi connectivity index (χ1n) is 4.33. The van der Waals surface area contributed by atoms with Crippen LogP contribution in [-0.4, -0.2) is 9.91 Å². The predicted octanol–water partition coefficient (Wildman–Crippen LogP) is 2.58. The van der Waals surface area contributed by atoms with Gasteiger partial charge in [0.05, 0.1) is 4.92 Å². The molecule has 0 amide bonds. The van der Waals surface area contributed by atoms with Crippen molar-refractivity contribution in [1.82, 2.24) is 4.98 Å². The second-order valence-corrected chi connectivity index (χ2v) is 2.12. The Morgan fingerprint density at radius 3 is 2.38 bits per heavy atom. The lowest BCUT2D eigenvalue weighted by Gasteiger charge is -1.92. The van der Waals surface area contributed by atoms with Crippen LogP contribution in [0.2, 0.25) is 0 Å². The molecule has 0 spiro atoms. The van der Waals surface area contributed by atoms with Crippen molar-refractivity contribution in [2.24, 2.45) is 0 Å². The topological polar surface area (TPSA) is 56.0 Å². The molecular formula is C9H14N2O2. The molecule has 0 aliphatic rings. The molecule has 4 nitrogen and oxygen atoms in total. The number of pyridine rings is 1. The third kappa shape index (κ3) is 3.64. The average Bonchev–Trinajstić information content (AvgIpc) is 2.21. The lowest BCUT2D eigenvalue weighted by atomic mass is 10.3. The maximum Gasteiger partial charge on any atom is 0.287 e. The van der Waals surface area contributed by atoms with Gasteiger partial charge in [-0.3, -0.25) is 15.1 Å². The second kappa shape index (κ2) is 6.11. The molecule has 0 unspecified atom stereocenters. The second-order valence-electron chi connectivity index (χ2n) is 2.12. The maximum atomic E-state index is 10.2. The Kier molecular flexibility index (Phi) is 5.43. The van der Waals surface area contributed by atoms with Gasteiger partial charge in [0, 0.05) is 11.8 Å². The first-order valence-corrected chi connectivity index (χ1v) is 4.33. The van der Waals surface area contributed by atoms with Crippen molar-refractivity contribution < 1.29 is 4.92 Å². The monoisotopic (exact) mass is 182 g/mol. The maximum absolute atomic E-state index is 10.2. The average molecular weight is 182 g/mol. The summed E-state index contributed by atoms with van der Waals surface area (Å²) in [5.41, 5.74) is 0.915. The van der Waals surface area contributed by atoms with Gasteiger partial charge in [-0.15, -0.1) is 0 Å². The number of nitrogens with zero attached hydrogens (tertiary/aromatic N) is 2. The Morgan fingerprint density at radius 2 is 2.08 bits per heavy atom. The first kappa shape index (κ1) is 11.6. The summed E-state index contributed by atoms with van der Waals surface area (Å²) in [6.45, 7) is 5.95. The van der Waals surface area contributed by atoms with Crippen molar-refractivity contribution in [3.63, 3.8) is 0 Å². The Hall–Kier alpha value is -1.45. The molecule has 0 saturated carbocycles. The fourth-order valence-corrected chi connectivity index (χ4v) is 0.734. The summed E-state index contributed by atoms with van der Waals surface area (Å²) < 4.78 is 0. The van der Waals surface area contributed by atoms with Crippen LogP contribution in [0.3, 0.4) is 0 Å². The smallest absolute Gasteiger partial charge is 0.258 e. The van der Waals surface area contributed by atoms with E-state index < -0.39 is 4.92 Å². The van der Waals surface area contributed by atoms with Crippen molar-refractivity contribution in [2.75, 3.05) is 0 Å². The standard InChI is InChI=1S/C7H8N2O2.C2H6/c1-2-6-3-4-7(5-8-6)9(10)11;1-2/h3-5H,2H2,1H3;1-2H3. The minimum Gasteiger partial charge on any atom is -0.258 e. The van der Waals surface area contributed by atoms with Gasteiger partial charge in [0.25, 0.3) is 5.69 Å². The molecule has 72 valence electrons. The molecule has 0 N–H and O–H groups in total. The van der Waals surface area contributed by atoms with Gasteiger partial charge in [0.2, 0.25) is 0 Å². The van der Waals surface area contributed by atoms with E-state index in [1.54, 1.807) is 6.07 Å². The number of nitro groups is 1. The van der Waals surface area contributed by atoms with Crippen molar-refractivity contribution in [2.45, 2.75) is 27.2 Å². The molecule has 0 radical (unpaired) electrons. The van der Waals surface area contributed by atoms with E-state index in [0.29, 0.717) is 0 Å². The molecule has 1 heterocycles. The van der Waals surface area contributed by atoms with E-state index in [1.807, 2.05) is 20.8 Å². The molecule has 1 aromatic heterocycles. The molecule has 0 aliphatic carbocycles. The van der Waals surface area contributed by atoms with Crippen molar-refractivity contribution in [3.05, 3.63) is 34.1 Å². The zero-order valence-corrected chi connectivity index (χ0v) is 8.15. The van der Waals surface area contributed by atoms with Crippen LogP contribution in [0.5, 0.6) is 0 Å². The SMILES string of the molecule is CC.CCc1ccc([N+](=O)[O-])cn1. The lowest BCUT2D eigenvalue weighted by Crippen LogP contribution is -1.91. The van der Waals surface area contributed by atoms with Gasteiger partial charge in [-0.1, -0.05) is 20.8 Å². The summed E-state index contributed by atoms with van der Waals surface area (Å²) in [7, 11) is 0. The van der Waals surface area contributed by atoms with Crippen LogP contribution in [0, 0.1) is 10.1 Å². The highest BCUT2D eigenvalue weighted by Gasteiger charge is 2.03. The fraction of sp³-hybridized carbons (Fsp3) is 0.444. The van der Waals surface area contributed by atoms with Crippen LogP contribution in [0.15, 0.2) is 18.3 Å². The normalized spacial score (nSPS) is 8.54. The van der Waals surface area contributed by atoms with Gasteiger partial charge in [-0.2, -0.15) is 0 Å². The van der Waals surface area contributed by atoms with Crippen LogP contribution >= 0.6 is 0 Å². The van der Waals surface area contributed by atoms with Crippen LogP contribution in [-0.2, 0) is 6.42 Å². The number of hydrogen-bond acceptors (Lipinski definition) is 3. The summed E-state index contributed by atoms with van der Waals surface area (Å²) in [5, 5.41) is 10.2. The number of rotatable bonds is 2. The summed E-state index contributed by atoms with van der Waals surface area (Å²) in [6.07, 6.45) is 2.08. The summed E-state index contributed by atoms with van der Waals surface area (Å²) >= 11 is 0. The Balaban J connectivity index is 0.000000671. The molecule has 0 aliphatic heterocycles. The van der Waals surface area contributed by atoms with E-state index >= 15 is 0 Å². The number of aromatic nitrogens is 1. The van der Waals surface area contributed by atoms with Gasteiger partial charge in [-0.05, 0) is 12.5 Å². The lowest BCUT2D eigenvalue weighted by molar-refractivity contribution is -0.385.